The Balaban J connectivity index is 1.54. The number of fused-ring (bicyclic) bond motifs is 3. The number of likely N-dealkylation sites (N-methyl/N-ethyl adjacent to an activating group) is 1. The summed E-state index contributed by atoms with van der Waals surface area (Å²) in [4.78, 5) is 69.4. The van der Waals surface area contributed by atoms with Crippen LogP contribution in [-0.2, 0) is 32.1 Å². The lowest BCUT2D eigenvalue weighted by Crippen LogP contribution is -2.74. The number of Topliss-reactive ketones (excluding diaryl/α,β-unsaturated/α-hetero) is 4. The Hall–Kier alpha value is -3.09. The number of rotatable bonds is 4. The zero-order chi connectivity index (χ0) is 28.6. The standard InChI is InChI=1S/C27H31F2N3O7/c1-31(2)20-15-10-13-9-14-12(11-32-7-5-26(28,29)6-8-32)3-4-16(33)18(14)21(34)17(13)23(36)27(15,39)24(37)19(22(20)35)25(30)38/h3-4,13,15,17,19-20,33,39H,5-11H2,1-2H3,(H2,30,38)/t13-,15-,17?,19?,20-,27-/m0/s1. The van der Waals surface area contributed by atoms with Crippen molar-refractivity contribution in [1.29, 1.82) is 0 Å². The summed E-state index contributed by atoms with van der Waals surface area (Å²) in [7, 11) is 3.04. The number of likely N-dealkylation sites (tertiary alicyclic amines) is 1. The lowest BCUT2D eigenvalue weighted by Gasteiger charge is -2.52. The van der Waals surface area contributed by atoms with Crippen LogP contribution in [-0.4, -0.2) is 93.8 Å². The first-order chi connectivity index (χ1) is 18.2. The fourth-order valence-corrected chi connectivity index (χ4v) is 7.10. The minimum Gasteiger partial charge on any atom is -0.507 e. The summed E-state index contributed by atoms with van der Waals surface area (Å²) in [6.07, 6.45) is -0.480. The molecule has 1 amide bonds. The third kappa shape index (κ3) is 4.11. The number of primary amides is 1. The average molecular weight is 548 g/mol. The molecule has 3 aliphatic carbocycles. The van der Waals surface area contributed by atoms with Gasteiger partial charge in [0.25, 0.3) is 5.92 Å². The molecule has 0 radical (unpaired) electrons. The van der Waals surface area contributed by atoms with E-state index in [9.17, 15) is 43.0 Å². The van der Waals surface area contributed by atoms with Crippen LogP contribution in [0.15, 0.2) is 12.1 Å². The van der Waals surface area contributed by atoms with Crippen molar-refractivity contribution in [2.75, 3.05) is 27.2 Å². The number of amides is 1. The quantitative estimate of drug-likeness (QED) is 0.445. The third-order valence-corrected chi connectivity index (χ3v) is 9.02. The molecule has 2 saturated carbocycles. The first kappa shape index (κ1) is 27.5. The van der Waals surface area contributed by atoms with Crippen molar-refractivity contribution in [3.63, 3.8) is 0 Å². The Morgan fingerprint density at radius 3 is 2.36 bits per heavy atom. The van der Waals surface area contributed by atoms with E-state index in [1.165, 1.54) is 25.1 Å². The molecule has 6 atom stereocenters. The van der Waals surface area contributed by atoms with Gasteiger partial charge in [-0.3, -0.25) is 33.8 Å². The summed E-state index contributed by atoms with van der Waals surface area (Å²) in [6.45, 7) is 0.584. The van der Waals surface area contributed by atoms with Crippen LogP contribution in [0.1, 0.15) is 40.7 Å². The highest BCUT2D eigenvalue weighted by molar-refractivity contribution is 6.32. The van der Waals surface area contributed by atoms with Crippen LogP contribution < -0.4 is 5.73 Å². The summed E-state index contributed by atoms with van der Waals surface area (Å²) in [6, 6.07) is 1.76. The van der Waals surface area contributed by atoms with Gasteiger partial charge in [-0.15, -0.1) is 0 Å². The van der Waals surface area contributed by atoms with Crippen molar-refractivity contribution in [3.8, 4) is 5.75 Å². The SMILES string of the molecule is CN(C)[C@@H]1C(=O)C(C(N)=O)C(=O)[C@@]2(O)C(=O)C3C(=O)c4c(O)ccc(CN5CCC(F)(F)CC5)c4C[C@H]3C[C@@H]12. The monoisotopic (exact) mass is 547 g/mol. The van der Waals surface area contributed by atoms with Crippen molar-refractivity contribution in [2.45, 2.75) is 49.8 Å². The molecule has 0 aromatic heterocycles. The minimum atomic E-state index is -2.77. The van der Waals surface area contributed by atoms with Crippen molar-refractivity contribution in [2.24, 2.45) is 29.4 Å². The largest absolute Gasteiger partial charge is 0.507 e. The number of phenols is 1. The number of carbonyl (C=O) groups excluding carboxylic acids is 5. The number of ketones is 4. The van der Waals surface area contributed by atoms with Crippen LogP contribution in [0, 0.1) is 23.7 Å². The van der Waals surface area contributed by atoms with Crippen LogP contribution in [0.2, 0.25) is 0 Å². The Labute approximate surface area is 223 Å². The maximum absolute atomic E-state index is 13.8. The van der Waals surface area contributed by atoms with Crippen molar-refractivity contribution in [1.82, 2.24) is 9.80 Å². The molecule has 1 aliphatic heterocycles. The fraction of sp³-hybridized carbons (Fsp3) is 0.593. The van der Waals surface area contributed by atoms with E-state index in [0.29, 0.717) is 11.1 Å². The molecular weight excluding hydrogens is 516 g/mol. The highest BCUT2D eigenvalue weighted by Crippen LogP contribution is 2.51. The molecular formula is C27H31F2N3O7. The van der Waals surface area contributed by atoms with Gasteiger partial charge in [0.15, 0.2) is 34.7 Å². The summed E-state index contributed by atoms with van der Waals surface area (Å²) in [5, 5.41) is 22.2. The molecule has 3 fully saturated rings. The smallest absolute Gasteiger partial charge is 0.250 e. The van der Waals surface area contributed by atoms with Gasteiger partial charge in [0.2, 0.25) is 5.91 Å². The maximum atomic E-state index is 13.8. The second-order valence-electron chi connectivity index (χ2n) is 11.5. The maximum Gasteiger partial charge on any atom is 0.250 e. The molecule has 2 unspecified atom stereocenters. The van der Waals surface area contributed by atoms with Gasteiger partial charge in [-0.05, 0) is 50.0 Å². The van der Waals surface area contributed by atoms with Crippen LogP contribution in [0.5, 0.6) is 5.75 Å². The number of hydrogen-bond acceptors (Lipinski definition) is 9. The van der Waals surface area contributed by atoms with E-state index in [1.807, 2.05) is 4.90 Å². The molecule has 5 rings (SSSR count). The molecule has 39 heavy (non-hydrogen) atoms. The summed E-state index contributed by atoms with van der Waals surface area (Å²) in [5.41, 5.74) is 3.59. The number of carbonyl (C=O) groups is 5. The molecule has 0 spiro atoms. The number of aromatic hydroxyl groups is 1. The number of nitrogens with two attached hydrogens (primary N) is 1. The highest BCUT2D eigenvalue weighted by atomic mass is 19.3. The van der Waals surface area contributed by atoms with Gasteiger partial charge >= 0.3 is 0 Å². The molecule has 4 N–H and O–H groups in total. The van der Waals surface area contributed by atoms with Crippen molar-refractivity contribution in [3.05, 3.63) is 28.8 Å². The molecule has 0 bridgehead atoms. The first-order valence-electron chi connectivity index (χ1n) is 13.0. The molecule has 1 aromatic rings. The third-order valence-electron chi connectivity index (χ3n) is 9.02. The molecule has 12 heteroatoms. The number of hydrogen-bond donors (Lipinski definition) is 3. The predicted octanol–water partition coefficient (Wildman–Crippen LogP) is 0.0981. The van der Waals surface area contributed by atoms with E-state index in [-0.39, 0.29) is 56.6 Å². The van der Waals surface area contributed by atoms with Gasteiger partial charge in [0.1, 0.15) is 5.75 Å². The molecule has 1 heterocycles. The molecule has 1 saturated heterocycles. The Kier molecular flexibility index (Phi) is 6.51. The molecule has 4 aliphatic rings. The fourth-order valence-electron chi connectivity index (χ4n) is 7.10. The van der Waals surface area contributed by atoms with E-state index in [1.54, 1.807) is 6.07 Å². The van der Waals surface area contributed by atoms with Gasteiger partial charge in [0, 0.05) is 38.4 Å². The number of halogens is 2. The van der Waals surface area contributed by atoms with E-state index < -0.39 is 70.3 Å². The van der Waals surface area contributed by atoms with Gasteiger partial charge < -0.3 is 15.9 Å². The van der Waals surface area contributed by atoms with Crippen molar-refractivity contribution >= 4 is 29.0 Å². The van der Waals surface area contributed by atoms with Gasteiger partial charge in [-0.2, -0.15) is 0 Å². The van der Waals surface area contributed by atoms with Gasteiger partial charge in [-0.25, -0.2) is 8.78 Å². The van der Waals surface area contributed by atoms with E-state index in [4.69, 9.17) is 5.73 Å². The lowest BCUT2D eigenvalue weighted by atomic mass is 9.52. The number of phenolic OH excluding ortho intramolecular Hbond substituents is 1. The van der Waals surface area contributed by atoms with Crippen LogP contribution >= 0.6 is 0 Å². The molecule has 210 valence electrons. The van der Waals surface area contributed by atoms with Crippen LogP contribution in [0.3, 0.4) is 0 Å². The highest BCUT2D eigenvalue weighted by Gasteiger charge is 2.69. The zero-order valence-electron chi connectivity index (χ0n) is 21.7. The Morgan fingerprint density at radius 1 is 1.13 bits per heavy atom. The Morgan fingerprint density at radius 2 is 1.77 bits per heavy atom. The summed E-state index contributed by atoms with van der Waals surface area (Å²) >= 11 is 0. The molecule has 1 aromatic carbocycles. The number of piperidine rings is 1. The summed E-state index contributed by atoms with van der Waals surface area (Å²) < 4.78 is 27.3. The average Bonchev–Trinajstić information content (AvgIpc) is 2.84. The second kappa shape index (κ2) is 9.24. The predicted molar refractivity (Wildman–Crippen MR) is 131 cm³/mol. The van der Waals surface area contributed by atoms with E-state index in [2.05, 4.69) is 0 Å². The van der Waals surface area contributed by atoms with E-state index >= 15 is 0 Å². The van der Waals surface area contributed by atoms with E-state index in [0.717, 1.165) is 0 Å². The summed E-state index contributed by atoms with van der Waals surface area (Å²) in [5.74, 6) is -13.7. The van der Waals surface area contributed by atoms with Crippen LogP contribution in [0.25, 0.3) is 0 Å². The van der Waals surface area contributed by atoms with Crippen LogP contribution in [0.4, 0.5) is 8.78 Å². The number of benzene rings is 1. The zero-order valence-corrected chi connectivity index (χ0v) is 21.7. The van der Waals surface area contributed by atoms with Gasteiger partial charge in [-0.1, -0.05) is 6.07 Å². The first-order valence-corrected chi connectivity index (χ1v) is 13.0. The topological polar surface area (TPSA) is 158 Å². The Bertz CT molecular complexity index is 1290. The second-order valence-corrected chi connectivity index (χ2v) is 11.5. The minimum absolute atomic E-state index is 0.0467. The number of nitrogens with zero attached hydrogens (tertiary/aromatic N) is 2. The van der Waals surface area contributed by atoms with Crippen molar-refractivity contribution < 1.29 is 43.0 Å². The lowest BCUT2D eigenvalue weighted by molar-refractivity contribution is -0.181. The molecule has 10 nitrogen and oxygen atoms in total. The number of alkyl halides is 2. The van der Waals surface area contributed by atoms with Gasteiger partial charge in [0.05, 0.1) is 17.5 Å². The normalized spacial score (nSPS) is 34.5. The number of aliphatic hydroxyl groups is 1.